The molecule has 0 fully saturated rings. The van der Waals surface area contributed by atoms with Gasteiger partial charge in [-0.1, -0.05) is 37.6 Å². The smallest absolute Gasteiger partial charge is 0.200 e. The molecule has 0 bridgehead atoms. The molecule has 0 aliphatic carbocycles. The highest BCUT2D eigenvalue weighted by molar-refractivity contribution is 7.09. The third-order valence-electron chi connectivity index (χ3n) is 4.66. The largest absolute Gasteiger partial charge is 0.303 e. The van der Waals surface area contributed by atoms with Crippen LogP contribution in [0.5, 0.6) is 0 Å². The van der Waals surface area contributed by atoms with Crippen LogP contribution in [0.1, 0.15) is 47.8 Å². The molecule has 3 heterocycles. The van der Waals surface area contributed by atoms with Gasteiger partial charge in [0, 0.05) is 18.5 Å². The van der Waals surface area contributed by atoms with E-state index in [1.165, 1.54) is 11.1 Å². The van der Waals surface area contributed by atoms with Gasteiger partial charge in [-0.05, 0) is 30.9 Å². The summed E-state index contributed by atoms with van der Waals surface area (Å²) < 4.78 is 2.08. The van der Waals surface area contributed by atoms with Crippen molar-refractivity contribution in [1.82, 2.24) is 25.1 Å². The monoisotopic (exact) mass is 353 g/mol. The first kappa shape index (κ1) is 16.4. The maximum Gasteiger partial charge on any atom is 0.200 e. The van der Waals surface area contributed by atoms with Gasteiger partial charge in [-0.15, -0.1) is 16.4 Å². The van der Waals surface area contributed by atoms with Crippen LogP contribution in [0.2, 0.25) is 0 Å². The summed E-state index contributed by atoms with van der Waals surface area (Å²) >= 11 is 1.64. The fourth-order valence-corrected chi connectivity index (χ4v) is 3.89. The van der Waals surface area contributed by atoms with Crippen LogP contribution in [-0.2, 0) is 19.5 Å². The van der Waals surface area contributed by atoms with Gasteiger partial charge in [-0.25, -0.2) is 14.6 Å². The first-order valence-corrected chi connectivity index (χ1v) is 9.80. The Morgan fingerprint density at radius 1 is 1.24 bits per heavy atom. The molecular formula is C19H23N5S. The van der Waals surface area contributed by atoms with E-state index in [9.17, 15) is 0 Å². The van der Waals surface area contributed by atoms with Crippen molar-refractivity contribution in [3.05, 3.63) is 51.6 Å². The van der Waals surface area contributed by atoms with Crippen LogP contribution in [0.4, 0.5) is 0 Å². The lowest BCUT2D eigenvalue weighted by atomic mass is 9.95. The molecule has 6 heteroatoms. The summed E-state index contributed by atoms with van der Waals surface area (Å²) in [6.45, 7) is 6.01. The van der Waals surface area contributed by atoms with E-state index in [-0.39, 0.29) is 6.04 Å². The van der Waals surface area contributed by atoms with Crippen molar-refractivity contribution >= 4 is 11.3 Å². The van der Waals surface area contributed by atoms with E-state index in [1.54, 1.807) is 11.3 Å². The third-order valence-corrected chi connectivity index (χ3v) is 5.44. The fourth-order valence-electron chi connectivity index (χ4n) is 3.30. The molecule has 0 saturated heterocycles. The Morgan fingerprint density at radius 2 is 2.08 bits per heavy atom. The lowest BCUT2D eigenvalue weighted by molar-refractivity contribution is 0.434. The molecule has 1 N–H and O–H groups in total. The molecule has 0 amide bonds. The van der Waals surface area contributed by atoms with E-state index < -0.39 is 0 Å². The van der Waals surface area contributed by atoms with Crippen LogP contribution >= 0.6 is 11.3 Å². The molecule has 1 aliphatic rings. The maximum absolute atomic E-state index is 4.88. The van der Waals surface area contributed by atoms with Gasteiger partial charge in [0.1, 0.15) is 11.5 Å². The normalized spacial score (nSPS) is 16.8. The Balaban J connectivity index is 1.67. The van der Waals surface area contributed by atoms with Gasteiger partial charge in [0.2, 0.25) is 5.82 Å². The summed E-state index contributed by atoms with van der Waals surface area (Å²) in [6, 6.07) is 8.84. The highest BCUT2D eigenvalue weighted by Crippen LogP contribution is 2.27. The predicted octanol–water partition coefficient (Wildman–Crippen LogP) is 3.90. The van der Waals surface area contributed by atoms with E-state index in [0.29, 0.717) is 0 Å². The van der Waals surface area contributed by atoms with Gasteiger partial charge < -0.3 is 5.32 Å². The van der Waals surface area contributed by atoms with Gasteiger partial charge in [0.25, 0.3) is 0 Å². The molecule has 2 aromatic heterocycles. The van der Waals surface area contributed by atoms with Gasteiger partial charge >= 0.3 is 0 Å². The maximum atomic E-state index is 4.88. The number of hydrogen-bond donors (Lipinski definition) is 1. The molecule has 130 valence electrons. The first-order valence-electron chi connectivity index (χ1n) is 8.92. The van der Waals surface area contributed by atoms with Crippen molar-refractivity contribution in [1.29, 1.82) is 0 Å². The zero-order valence-corrected chi connectivity index (χ0v) is 15.5. The Bertz CT molecular complexity index is 866. The van der Waals surface area contributed by atoms with Crippen LogP contribution in [0, 0.1) is 6.92 Å². The Kier molecular flexibility index (Phi) is 4.63. The number of aryl methyl sites for hydroxylation is 2. The number of benzene rings is 1. The van der Waals surface area contributed by atoms with Crippen LogP contribution < -0.4 is 5.32 Å². The lowest BCUT2D eigenvalue weighted by Gasteiger charge is -2.25. The molecule has 3 aromatic rings. The van der Waals surface area contributed by atoms with Crippen molar-refractivity contribution in [3.63, 3.8) is 0 Å². The minimum absolute atomic E-state index is 0.202. The molecule has 0 unspecified atom stereocenters. The standard InChI is InChI=1S/C19H23N5S/c1-3-4-9-24-19(22-18(23-24)17-12-25-13(2)21-17)16-10-14-7-5-6-8-15(14)11-20-16/h5-8,12,16,20H,3-4,9-11H2,1-2H3/t16-/m1/s1. The van der Waals surface area contributed by atoms with E-state index in [0.717, 1.165) is 54.7 Å². The molecule has 0 saturated carbocycles. The van der Waals surface area contributed by atoms with Gasteiger partial charge in [0.05, 0.1) is 11.0 Å². The van der Waals surface area contributed by atoms with Crippen LogP contribution in [0.3, 0.4) is 0 Å². The lowest BCUT2D eigenvalue weighted by Crippen LogP contribution is -2.31. The van der Waals surface area contributed by atoms with E-state index in [1.807, 2.05) is 12.3 Å². The molecular weight excluding hydrogens is 330 g/mol. The number of aromatic nitrogens is 4. The second kappa shape index (κ2) is 7.06. The number of nitrogens with zero attached hydrogens (tertiary/aromatic N) is 4. The SMILES string of the molecule is CCCCn1nc(-c2csc(C)n2)nc1[C@H]1Cc2ccccc2CN1. The molecule has 25 heavy (non-hydrogen) atoms. The van der Waals surface area contributed by atoms with E-state index >= 15 is 0 Å². The van der Waals surface area contributed by atoms with Crippen molar-refractivity contribution < 1.29 is 0 Å². The molecule has 0 radical (unpaired) electrons. The summed E-state index contributed by atoms with van der Waals surface area (Å²) in [7, 11) is 0. The molecule has 0 spiro atoms. The Hall–Kier alpha value is -2.05. The third kappa shape index (κ3) is 3.37. The highest BCUT2D eigenvalue weighted by Gasteiger charge is 2.25. The molecule has 4 rings (SSSR count). The van der Waals surface area contributed by atoms with Gasteiger partial charge in [-0.2, -0.15) is 0 Å². The second-order valence-electron chi connectivity index (χ2n) is 6.53. The molecule has 1 atom stereocenters. The van der Waals surface area contributed by atoms with Gasteiger partial charge in [0.15, 0.2) is 0 Å². The topological polar surface area (TPSA) is 55.6 Å². The zero-order chi connectivity index (χ0) is 17.2. The first-order chi connectivity index (χ1) is 12.2. The van der Waals surface area contributed by atoms with Crippen LogP contribution in [-0.4, -0.2) is 19.7 Å². The summed E-state index contributed by atoms with van der Waals surface area (Å²) in [4.78, 5) is 9.43. The molecule has 1 aromatic carbocycles. The molecule has 5 nitrogen and oxygen atoms in total. The summed E-state index contributed by atoms with van der Waals surface area (Å²) in [6.07, 6.45) is 3.21. The minimum Gasteiger partial charge on any atom is -0.303 e. The van der Waals surface area contributed by atoms with Crippen LogP contribution in [0.15, 0.2) is 29.6 Å². The number of rotatable bonds is 5. The Morgan fingerprint density at radius 3 is 2.84 bits per heavy atom. The number of hydrogen-bond acceptors (Lipinski definition) is 5. The highest BCUT2D eigenvalue weighted by atomic mass is 32.1. The van der Waals surface area contributed by atoms with Crippen molar-refractivity contribution in [2.24, 2.45) is 0 Å². The quantitative estimate of drug-likeness (QED) is 0.756. The number of nitrogens with one attached hydrogen (secondary N) is 1. The predicted molar refractivity (Wildman–Crippen MR) is 101 cm³/mol. The number of fused-ring (bicyclic) bond motifs is 1. The van der Waals surface area contributed by atoms with Gasteiger partial charge in [-0.3, -0.25) is 0 Å². The summed E-state index contributed by atoms with van der Waals surface area (Å²) in [5, 5.41) is 11.5. The molecule has 1 aliphatic heterocycles. The second-order valence-corrected chi connectivity index (χ2v) is 7.59. The number of thiazole rings is 1. The fraction of sp³-hybridized carbons (Fsp3) is 0.421. The minimum atomic E-state index is 0.202. The Labute approximate surface area is 152 Å². The van der Waals surface area contributed by atoms with Crippen molar-refractivity contribution in [2.75, 3.05) is 0 Å². The van der Waals surface area contributed by atoms with E-state index in [4.69, 9.17) is 10.1 Å². The zero-order valence-electron chi connectivity index (χ0n) is 14.7. The van der Waals surface area contributed by atoms with E-state index in [2.05, 4.69) is 46.2 Å². The number of unbranched alkanes of at least 4 members (excludes halogenated alkanes) is 1. The van der Waals surface area contributed by atoms with Crippen molar-refractivity contribution in [2.45, 2.75) is 52.2 Å². The van der Waals surface area contributed by atoms with Crippen LogP contribution in [0.25, 0.3) is 11.5 Å². The average Bonchev–Trinajstić information content (AvgIpc) is 3.25. The average molecular weight is 353 g/mol. The summed E-state index contributed by atoms with van der Waals surface area (Å²) in [5.74, 6) is 1.78. The summed E-state index contributed by atoms with van der Waals surface area (Å²) in [5.41, 5.74) is 3.67. The van der Waals surface area contributed by atoms with Crippen molar-refractivity contribution in [3.8, 4) is 11.5 Å².